The molecule has 0 bridgehead atoms. The number of fused-ring (bicyclic) bond motifs is 1. The number of hydrogen-bond acceptors (Lipinski definition) is 8. The summed E-state index contributed by atoms with van der Waals surface area (Å²) in [5.41, 5.74) is 4.90. The first-order valence-electron chi connectivity index (χ1n) is 10.0. The maximum atomic E-state index is 12.6. The standard InChI is InChI=1S/C19H21N9O3S/c1-26-15(8-20)13(9-23-26)14-7-12-16(24-14)21-11-22-17(12)25-28-18(29)31-10-19(28)3-5-27(6-4-19)32(2)30/h7,9,11H,3-6,10H2,1-2H3,(H2,21,22,24,25). The maximum absolute atomic E-state index is 12.6. The normalized spacial score (nSPS) is 19.3. The van der Waals surface area contributed by atoms with Crippen molar-refractivity contribution in [2.45, 2.75) is 18.4 Å². The number of anilines is 1. The molecular formula is C19H21N9O3S. The number of amides is 1. The average Bonchev–Trinajstić information content (AvgIpc) is 3.46. The van der Waals surface area contributed by atoms with E-state index in [1.807, 2.05) is 10.4 Å². The molecule has 166 valence electrons. The molecular weight excluding hydrogens is 434 g/mol. The van der Waals surface area contributed by atoms with Crippen molar-refractivity contribution in [3.63, 3.8) is 0 Å². The van der Waals surface area contributed by atoms with Gasteiger partial charge in [-0.05, 0) is 18.9 Å². The number of nitrogens with zero attached hydrogens (tertiary/aromatic N) is 7. The Hall–Kier alpha value is -3.50. The number of nitrogens with one attached hydrogen (secondary N) is 2. The zero-order chi connectivity index (χ0) is 22.5. The molecule has 1 atom stereocenters. The zero-order valence-corrected chi connectivity index (χ0v) is 18.3. The summed E-state index contributed by atoms with van der Waals surface area (Å²) < 4.78 is 20.6. The van der Waals surface area contributed by atoms with Crippen molar-refractivity contribution in [2.24, 2.45) is 7.05 Å². The molecule has 0 radical (unpaired) electrons. The van der Waals surface area contributed by atoms with Crippen LogP contribution in [0.15, 0.2) is 18.6 Å². The highest BCUT2D eigenvalue weighted by Crippen LogP contribution is 2.36. The minimum atomic E-state index is -1.05. The van der Waals surface area contributed by atoms with Crippen LogP contribution >= 0.6 is 0 Å². The Morgan fingerprint density at radius 1 is 1.34 bits per heavy atom. The lowest BCUT2D eigenvalue weighted by Gasteiger charge is -2.41. The second kappa shape index (κ2) is 7.57. The molecule has 2 N–H and O–H groups in total. The molecule has 3 aromatic heterocycles. The number of carbonyl (C=O) groups excluding carboxylic acids is 1. The molecule has 2 aliphatic rings. The predicted molar refractivity (Wildman–Crippen MR) is 115 cm³/mol. The van der Waals surface area contributed by atoms with Crippen LogP contribution in [0, 0.1) is 11.3 Å². The summed E-state index contributed by atoms with van der Waals surface area (Å²) in [6.07, 6.45) is 5.44. The van der Waals surface area contributed by atoms with Gasteiger partial charge in [0.15, 0.2) is 5.82 Å². The summed E-state index contributed by atoms with van der Waals surface area (Å²) in [6.45, 7) is 1.46. The Morgan fingerprint density at radius 2 is 2.12 bits per heavy atom. The Kier molecular flexibility index (Phi) is 4.83. The third-order valence-electron chi connectivity index (χ3n) is 6.12. The van der Waals surface area contributed by atoms with E-state index in [0.29, 0.717) is 59.7 Å². The second-order valence-corrected chi connectivity index (χ2v) is 9.25. The third kappa shape index (κ3) is 3.19. The highest BCUT2D eigenvalue weighted by Gasteiger charge is 2.50. The minimum Gasteiger partial charge on any atom is -0.446 e. The molecule has 5 rings (SSSR count). The summed E-state index contributed by atoms with van der Waals surface area (Å²) in [5, 5.41) is 15.8. The Labute approximate surface area is 185 Å². The quantitative estimate of drug-likeness (QED) is 0.596. The monoisotopic (exact) mass is 455 g/mol. The van der Waals surface area contributed by atoms with E-state index in [0.717, 1.165) is 0 Å². The number of nitriles is 1. The molecule has 0 aliphatic carbocycles. The van der Waals surface area contributed by atoms with Gasteiger partial charge >= 0.3 is 6.09 Å². The topological polar surface area (TPSA) is 145 Å². The van der Waals surface area contributed by atoms with Crippen LogP contribution in [-0.4, -0.2) is 75.8 Å². The fourth-order valence-electron chi connectivity index (χ4n) is 4.26. The van der Waals surface area contributed by atoms with Gasteiger partial charge in [0.25, 0.3) is 0 Å². The molecule has 2 fully saturated rings. The van der Waals surface area contributed by atoms with Crippen LogP contribution in [-0.2, 0) is 22.8 Å². The summed E-state index contributed by atoms with van der Waals surface area (Å²) in [6, 6.07) is 3.98. The molecule has 2 aliphatic heterocycles. The highest BCUT2D eigenvalue weighted by molar-refractivity contribution is 7.81. The van der Waals surface area contributed by atoms with E-state index in [9.17, 15) is 14.3 Å². The Morgan fingerprint density at radius 3 is 2.84 bits per heavy atom. The molecule has 13 heteroatoms. The van der Waals surface area contributed by atoms with Gasteiger partial charge in [-0.3, -0.25) is 10.1 Å². The van der Waals surface area contributed by atoms with Gasteiger partial charge < -0.3 is 9.72 Å². The SMILES string of the molecule is Cn1ncc(-c2cc3c(NN4C(=O)OCC45CCN(S(C)=O)CC5)ncnc3[nH]2)c1C#N. The van der Waals surface area contributed by atoms with Crippen LogP contribution < -0.4 is 5.43 Å². The first-order chi connectivity index (χ1) is 15.4. The fourth-order valence-corrected chi connectivity index (χ4v) is 4.95. The van der Waals surface area contributed by atoms with Gasteiger partial charge in [0.05, 0.1) is 33.8 Å². The number of carbonyl (C=O) groups is 1. The lowest BCUT2D eigenvalue weighted by Crippen LogP contribution is -2.56. The number of hydrazine groups is 1. The number of aryl methyl sites for hydroxylation is 1. The van der Waals surface area contributed by atoms with Gasteiger partial charge in [-0.25, -0.2) is 28.3 Å². The van der Waals surface area contributed by atoms with E-state index in [1.165, 1.54) is 16.0 Å². The summed E-state index contributed by atoms with van der Waals surface area (Å²) in [5.74, 6) is 0.444. The van der Waals surface area contributed by atoms with Crippen LogP contribution in [0.25, 0.3) is 22.3 Å². The van der Waals surface area contributed by atoms with Crippen molar-refractivity contribution < 1.29 is 13.7 Å². The number of rotatable bonds is 4. The van der Waals surface area contributed by atoms with Gasteiger partial charge in [-0.2, -0.15) is 10.4 Å². The van der Waals surface area contributed by atoms with Gasteiger partial charge in [0, 0.05) is 26.4 Å². The van der Waals surface area contributed by atoms with Gasteiger partial charge in [-0.1, -0.05) is 0 Å². The highest BCUT2D eigenvalue weighted by atomic mass is 32.2. The molecule has 3 aromatic rings. The molecule has 32 heavy (non-hydrogen) atoms. The zero-order valence-electron chi connectivity index (χ0n) is 17.5. The molecule has 2 saturated heterocycles. The second-order valence-electron chi connectivity index (χ2n) is 7.89. The average molecular weight is 456 g/mol. The van der Waals surface area contributed by atoms with Crippen molar-refractivity contribution in [3.05, 3.63) is 24.3 Å². The van der Waals surface area contributed by atoms with E-state index in [4.69, 9.17) is 4.74 Å². The summed E-state index contributed by atoms with van der Waals surface area (Å²) in [4.78, 5) is 24.4. The Balaban J connectivity index is 1.47. The number of H-pyrrole nitrogens is 1. The van der Waals surface area contributed by atoms with E-state index < -0.39 is 22.6 Å². The molecule has 1 amide bonds. The minimum absolute atomic E-state index is 0.261. The number of cyclic esters (lactones) is 1. The number of aromatic nitrogens is 5. The first kappa shape index (κ1) is 20.4. The van der Waals surface area contributed by atoms with E-state index >= 15 is 0 Å². The molecule has 5 heterocycles. The number of ether oxygens (including phenoxy) is 1. The predicted octanol–water partition coefficient (Wildman–Crippen LogP) is 1.14. The number of aromatic amines is 1. The van der Waals surface area contributed by atoms with E-state index in [1.54, 1.807) is 19.5 Å². The summed E-state index contributed by atoms with van der Waals surface area (Å²) >= 11 is 0. The smallest absolute Gasteiger partial charge is 0.429 e. The van der Waals surface area contributed by atoms with Crippen molar-refractivity contribution in [1.29, 1.82) is 5.26 Å². The van der Waals surface area contributed by atoms with Gasteiger partial charge in [-0.15, -0.1) is 0 Å². The molecule has 12 nitrogen and oxygen atoms in total. The van der Waals surface area contributed by atoms with Crippen molar-refractivity contribution in [1.82, 2.24) is 34.0 Å². The lowest BCUT2D eigenvalue weighted by molar-refractivity contribution is 0.121. The van der Waals surface area contributed by atoms with Gasteiger partial charge in [0.1, 0.15) is 35.9 Å². The third-order valence-corrected chi connectivity index (χ3v) is 7.21. The molecule has 1 spiro atoms. The van der Waals surface area contributed by atoms with Crippen LogP contribution in [0.5, 0.6) is 0 Å². The largest absolute Gasteiger partial charge is 0.446 e. The first-order valence-corrected chi connectivity index (χ1v) is 11.5. The van der Waals surface area contributed by atoms with Crippen LogP contribution in [0.2, 0.25) is 0 Å². The van der Waals surface area contributed by atoms with Crippen LogP contribution in [0.1, 0.15) is 18.5 Å². The molecule has 0 saturated carbocycles. The number of piperidine rings is 1. The van der Waals surface area contributed by atoms with E-state index in [2.05, 4.69) is 31.5 Å². The van der Waals surface area contributed by atoms with Crippen LogP contribution in [0.4, 0.5) is 10.6 Å². The van der Waals surface area contributed by atoms with E-state index in [-0.39, 0.29) is 6.61 Å². The van der Waals surface area contributed by atoms with Crippen molar-refractivity contribution in [2.75, 3.05) is 31.4 Å². The fraction of sp³-hybridized carbons (Fsp3) is 0.421. The summed E-state index contributed by atoms with van der Waals surface area (Å²) in [7, 11) is 0.656. The number of hydrogen-bond donors (Lipinski definition) is 2. The lowest BCUT2D eigenvalue weighted by atomic mass is 9.89. The van der Waals surface area contributed by atoms with Crippen LogP contribution in [0.3, 0.4) is 0 Å². The van der Waals surface area contributed by atoms with Crippen molar-refractivity contribution >= 4 is 33.9 Å². The molecule has 0 aromatic carbocycles. The molecule has 1 unspecified atom stereocenters. The van der Waals surface area contributed by atoms with Gasteiger partial charge in [0.2, 0.25) is 0 Å². The maximum Gasteiger partial charge on any atom is 0.429 e. The Bertz CT molecular complexity index is 1270. The van der Waals surface area contributed by atoms with Crippen molar-refractivity contribution in [3.8, 4) is 17.3 Å².